The number of nitrogens with one attached hydrogen (secondary N) is 1. The Balaban J connectivity index is 1.93. The van der Waals surface area contributed by atoms with Gasteiger partial charge in [-0.05, 0) is 26.0 Å². The third-order valence-corrected chi connectivity index (χ3v) is 3.47. The van der Waals surface area contributed by atoms with E-state index in [2.05, 4.69) is 15.6 Å². The van der Waals surface area contributed by atoms with E-state index in [9.17, 15) is 4.79 Å². The number of carbonyl (C=O) groups excluding carboxylic acids is 1. The van der Waals surface area contributed by atoms with E-state index in [-0.39, 0.29) is 11.2 Å². The highest BCUT2D eigenvalue weighted by Crippen LogP contribution is 2.23. The van der Waals surface area contributed by atoms with Gasteiger partial charge in [-0.1, -0.05) is 17.7 Å². The topological polar surface area (TPSA) is 59.8 Å². The second kappa shape index (κ2) is 5.68. The SMILES string of the molecule is Cc1ccc(S[C@@H](C)C(=O)Nn2cnnc2)cc1. The molecule has 2 aromatic rings. The monoisotopic (exact) mass is 262 g/mol. The highest BCUT2D eigenvalue weighted by atomic mass is 32.2. The molecule has 0 saturated carbocycles. The van der Waals surface area contributed by atoms with Crippen LogP contribution in [0.5, 0.6) is 0 Å². The Morgan fingerprint density at radius 3 is 2.50 bits per heavy atom. The molecule has 1 amide bonds. The van der Waals surface area contributed by atoms with Gasteiger partial charge in [0.15, 0.2) is 0 Å². The zero-order valence-corrected chi connectivity index (χ0v) is 11.0. The fraction of sp³-hybridized carbons (Fsp3) is 0.250. The average molecular weight is 262 g/mol. The summed E-state index contributed by atoms with van der Waals surface area (Å²) in [5, 5.41) is 7.05. The third-order valence-electron chi connectivity index (χ3n) is 2.36. The van der Waals surface area contributed by atoms with E-state index in [1.165, 1.54) is 34.7 Å². The van der Waals surface area contributed by atoms with Crippen molar-refractivity contribution in [3.63, 3.8) is 0 Å². The minimum atomic E-state index is -0.185. The van der Waals surface area contributed by atoms with Crippen LogP contribution in [0.2, 0.25) is 0 Å². The molecule has 1 aromatic heterocycles. The summed E-state index contributed by atoms with van der Waals surface area (Å²) < 4.78 is 1.44. The van der Waals surface area contributed by atoms with Crippen LogP contribution in [0.4, 0.5) is 0 Å². The van der Waals surface area contributed by atoms with E-state index in [1.54, 1.807) is 0 Å². The van der Waals surface area contributed by atoms with Gasteiger partial charge in [-0.3, -0.25) is 10.2 Å². The van der Waals surface area contributed by atoms with Gasteiger partial charge in [-0.25, -0.2) is 4.68 Å². The van der Waals surface area contributed by atoms with E-state index in [0.717, 1.165) is 4.90 Å². The highest BCUT2D eigenvalue weighted by Gasteiger charge is 2.14. The lowest BCUT2D eigenvalue weighted by molar-refractivity contribution is -0.116. The number of aryl methyl sites for hydroxylation is 1. The molecule has 94 valence electrons. The van der Waals surface area contributed by atoms with Gasteiger partial charge >= 0.3 is 0 Å². The first-order chi connectivity index (χ1) is 8.65. The Morgan fingerprint density at radius 2 is 1.89 bits per heavy atom. The first kappa shape index (κ1) is 12.6. The molecule has 0 bridgehead atoms. The predicted octanol–water partition coefficient (Wildman–Crippen LogP) is 1.84. The fourth-order valence-electron chi connectivity index (χ4n) is 1.35. The standard InChI is InChI=1S/C12H14N4OS/c1-9-3-5-11(6-4-9)18-10(2)12(17)15-16-7-13-14-8-16/h3-8,10H,1-2H3,(H,15,17)/t10-/m0/s1. The van der Waals surface area contributed by atoms with Crippen LogP contribution in [-0.4, -0.2) is 26.0 Å². The van der Waals surface area contributed by atoms with Crippen molar-refractivity contribution in [2.24, 2.45) is 0 Å². The van der Waals surface area contributed by atoms with Gasteiger partial charge in [0.1, 0.15) is 12.7 Å². The maximum atomic E-state index is 11.9. The second-order valence-corrected chi connectivity index (χ2v) is 5.33. The number of amides is 1. The number of hydrogen-bond donors (Lipinski definition) is 1. The van der Waals surface area contributed by atoms with E-state index < -0.39 is 0 Å². The molecule has 2 rings (SSSR count). The molecule has 6 heteroatoms. The molecule has 0 aliphatic rings. The number of nitrogens with zero attached hydrogens (tertiary/aromatic N) is 3. The molecular weight excluding hydrogens is 248 g/mol. The van der Waals surface area contributed by atoms with Gasteiger partial charge in [-0.15, -0.1) is 22.0 Å². The summed E-state index contributed by atoms with van der Waals surface area (Å²) in [6.45, 7) is 3.90. The van der Waals surface area contributed by atoms with Gasteiger partial charge in [0, 0.05) is 4.90 Å². The Morgan fingerprint density at radius 1 is 1.28 bits per heavy atom. The fourth-order valence-corrected chi connectivity index (χ4v) is 2.21. The van der Waals surface area contributed by atoms with Gasteiger partial charge < -0.3 is 0 Å². The average Bonchev–Trinajstić information content (AvgIpc) is 2.85. The number of carbonyl (C=O) groups is 1. The molecule has 0 aliphatic carbocycles. The molecule has 18 heavy (non-hydrogen) atoms. The smallest absolute Gasteiger partial charge is 0.252 e. The molecule has 0 aliphatic heterocycles. The van der Waals surface area contributed by atoms with Gasteiger partial charge in [0.25, 0.3) is 5.91 Å². The first-order valence-electron chi connectivity index (χ1n) is 5.54. The van der Waals surface area contributed by atoms with Crippen molar-refractivity contribution < 1.29 is 4.79 Å². The minimum absolute atomic E-state index is 0.0830. The maximum absolute atomic E-state index is 11.9. The van der Waals surface area contributed by atoms with Crippen LogP contribution in [0.3, 0.4) is 0 Å². The molecule has 0 fully saturated rings. The van der Waals surface area contributed by atoms with Crippen molar-refractivity contribution in [2.45, 2.75) is 24.0 Å². The summed E-state index contributed by atoms with van der Waals surface area (Å²) in [5.74, 6) is -0.0830. The molecular formula is C12H14N4OS. The summed E-state index contributed by atoms with van der Waals surface area (Å²) in [5.41, 5.74) is 3.89. The van der Waals surface area contributed by atoms with Crippen LogP contribution < -0.4 is 5.43 Å². The van der Waals surface area contributed by atoms with Crippen molar-refractivity contribution in [3.05, 3.63) is 42.5 Å². The van der Waals surface area contributed by atoms with Crippen molar-refractivity contribution >= 4 is 17.7 Å². The van der Waals surface area contributed by atoms with E-state index in [4.69, 9.17) is 0 Å². The Kier molecular flexibility index (Phi) is 3.99. The predicted molar refractivity (Wildman–Crippen MR) is 70.9 cm³/mol. The molecule has 5 nitrogen and oxygen atoms in total. The van der Waals surface area contributed by atoms with Gasteiger partial charge in [-0.2, -0.15) is 0 Å². The lowest BCUT2D eigenvalue weighted by Crippen LogP contribution is -2.28. The number of benzene rings is 1. The molecule has 1 heterocycles. The largest absolute Gasteiger partial charge is 0.272 e. The normalized spacial score (nSPS) is 12.1. The van der Waals surface area contributed by atoms with Gasteiger partial charge in [0.05, 0.1) is 5.25 Å². The minimum Gasteiger partial charge on any atom is -0.272 e. The van der Waals surface area contributed by atoms with Crippen LogP contribution >= 0.6 is 11.8 Å². The lowest BCUT2D eigenvalue weighted by atomic mass is 10.2. The molecule has 0 spiro atoms. The summed E-state index contributed by atoms with van der Waals surface area (Å²) in [7, 11) is 0. The molecule has 0 unspecified atom stereocenters. The molecule has 1 N–H and O–H groups in total. The van der Waals surface area contributed by atoms with Gasteiger partial charge in [0.2, 0.25) is 0 Å². The molecule has 0 radical (unpaired) electrons. The number of aromatic nitrogens is 3. The Bertz CT molecular complexity index is 509. The second-order valence-electron chi connectivity index (χ2n) is 3.92. The van der Waals surface area contributed by atoms with E-state index in [0.29, 0.717) is 0 Å². The lowest BCUT2D eigenvalue weighted by Gasteiger charge is -2.11. The zero-order chi connectivity index (χ0) is 13.0. The third kappa shape index (κ3) is 3.33. The maximum Gasteiger partial charge on any atom is 0.252 e. The number of rotatable bonds is 4. The number of hydrogen-bond acceptors (Lipinski definition) is 4. The summed E-state index contributed by atoms with van der Waals surface area (Å²) in [6, 6.07) is 8.10. The first-order valence-corrected chi connectivity index (χ1v) is 6.42. The summed E-state index contributed by atoms with van der Waals surface area (Å²) in [6.07, 6.45) is 2.89. The molecule has 0 saturated heterocycles. The van der Waals surface area contributed by atoms with Crippen LogP contribution in [0.1, 0.15) is 12.5 Å². The highest BCUT2D eigenvalue weighted by molar-refractivity contribution is 8.00. The van der Waals surface area contributed by atoms with Crippen LogP contribution in [0.25, 0.3) is 0 Å². The quantitative estimate of drug-likeness (QED) is 0.854. The zero-order valence-electron chi connectivity index (χ0n) is 10.2. The van der Waals surface area contributed by atoms with Crippen LogP contribution in [0.15, 0.2) is 41.8 Å². The summed E-state index contributed by atoms with van der Waals surface area (Å²) in [4.78, 5) is 12.9. The Labute approximate surface area is 110 Å². The summed E-state index contributed by atoms with van der Waals surface area (Å²) >= 11 is 1.52. The van der Waals surface area contributed by atoms with Crippen molar-refractivity contribution in [3.8, 4) is 0 Å². The van der Waals surface area contributed by atoms with E-state index >= 15 is 0 Å². The van der Waals surface area contributed by atoms with Crippen molar-refractivity contribution in [1.82, 2.24) is 14.9 Å². The Hall–Kier alpha value is -1.82. The van der Waals surface area contributed by atoms with Crippen molar-refractivity contribution in [2.75, 3.05) is 5.43 Å². The number of thioether (sulfide) groups is 1. The van der Waals surface area contributed by atoms with Crippen molar-refractivity contribution in [1.29, 1.82) is 0 Å². The van der Waals surface area contributed by atoms with Crippen LogP contribution in [-0.2, 0) is 4.79 Å². The molecule has 1 aromatic carbocycles. The van der Waals surface area contributed by atoms with Crippen LogP contribution in [0, 0.1) is 6.92 Å². The van der Waals surface area contributed by atoms with E-state index in [1.807, 2.05) is 38.1 Å². The molecule has 1 atom stereocenters.